The van der Waals surface area contributed by atoms with Gasteiger partial charge in [-0.15, -0.1) is 0 Å². The van der Waals surface area contributed by atoms with Crippen LogP contribution in [0.25, 0.3) is 0 Å². The largest absolute Gasteiger partial charge is 0.460 e. The zero-order valence-electron chi connectivity index (χ0n) is 20.0. The Morgan fingerprint density at radius 3 is 1.44 bits per heavy atom. The summed E-state index contributed by atoms with van der Waals surface area (Å²) in [7, 11) is 0. The molecule has 3 aromatic rings. The number of esters is 2. The molecule has 2 aliphatic heterocycles. The van der Waals surface area contributed by atoms with Crippen LogP contribution in [0.4, 0.5) is 0 Å². The molecule has 0 amide bonds. The normalized spacial score (nSPS) is 23.3. The predicted octanol–water partition coefficient (Wildman–Crippen LogP) is 4.32. The van der Waals surface area contributed by atoms with E-state index in [0.29, 0.717) is 19.4 Å². The Labute approximate surface area is 210 Å². The van der Waals surface area contributed by atoms with Gasteiger partial charge in [-0.05, 0) is 29.5 Å². The fourth-order valence-electron chi connectivity index (χ4n) is 5.42. The molecule has 4 unspecified atom stereocenters. The first-order valence-electron chi connectivity index (χ1n) is 12.4. The first kappa shape index (κ1) is 23.9. The molecule has 2 saturated heterocycles. The first-order chi connectivity index (χ1) is 17.6. The molecule has 2 fully saturated rings. The topological polar surface area (TPSA) is 72.9 Å². The number of ketones is 1. The third-order valence-electron chi connectivity index (χ3n) is 7.16. The van der Waals surface area contributed by atoms with Crippen molar-refractivity contribution >= 4 is 17.7 Å². The Morgan fingerprint density at radius 1 is 0.639 bits per heavy atom. The second-order valence-electron chi connectivity index (χ2n) is 9.41. The Morgan fingerprint density at radius 2 is 1.03 bits per heavy atom. The van der Waals surface area contributed by atoms with E-state index < -0.39 is 23.8 Å². The summed E-state index contributed by atoms with van der Waals surface area (Å²) in [5, 5.41) is 0. The fourth-order valence-corrected chi connectivity index (χ4v) is 5.42. The van der Waals surface area contributed by atoms with Crippen LogP contribution in [0, 0.1) is 11.8 Å². The van der Waals surface area contributed by atoms with Crippen molar-refractivity contribution in [3.8, 4) is 0 Å². The monoisotopic (exact) mass is 483 g/mol. The predicted molar refractivity (Wildman–Crippen MR) is 133 cm³/mol. The number of Topliss-reactive ketones (excluding diaryl/α,β-unsaturated/α-hetero) is 1. The second-order valence-corrected chi connectivity index (χ2v) is 9.41. The van der Waals surface area contributed by atoms with Gasteiger partial charge in [-0.1, -0.05) is 91.0 Å². The summed E-state index contributed by atoms with van der Waals surface area (Å²) in [4.78, 5) is 42.4. The van der Waals surface area contributed by atoms with Gasteiger partial charge >= 0.3 is 11.9 Å². The van der Waals surface area contributed by atoms with Gasteiger partial charge in [0.05, 0.1) is 0 Å². The van der Waals surface area contributed by atoms with Crippen LogP contribution in [-0.2, 0) is 43.6 Å². The van der Waals surface area contributed by atoms with Gasteiger partial charge in [0, 0.05) is 18.6 Å². The van der Waals surface area contributed by atoms with Crippen molar-refractivity contribution in [2.24, 2.45) is 11.8 Å². The van der Waals surface area contributed by atoms with Crippen molar-refractivity contribution in [1.82, 2.24) is 4.90 Å². The van der Waals surface area contributed by atoms with Crippen molar-refractivity contribution in [3.05, 3.63) is 108 Å². The average molecular weight is 484 g/mol. The molecule has 6 heteroatoms. The molecule has 0 radical (unpaired) electrons. The molecule has 0 N–H and O–H groups in total. The Hall–Kier alpha value is -3.77. The summed E-state index contributed by atoms with van der Waals surface area (Å²) in [6, 6.07) is 28.0. The van der Waals surface area contributed by atoms with Crippen LogP contribution in [0.3, 0.4) is 0 Å². The number of hydrogen-bond donors (Lipinski definition) is 0. The summed E-state index contributed by atoms with van der Waals surface area (Å²) in [6.07, 6.45) is 1.30. The molecule has 4 atom stereocenters. The smallest absolute Gasteiger partial charge is 0.318 e. The number of carbonyl (C=O) groups is 3. The minimum absolute atomic E-state index is 0.0847. The van der Waals surface area contributed by atoms with Crippen LogP contribution in [0.5, 0.6) is 0 Å². The van der Waals surface area contributed by atoms with Gasteiger partial charge in [0.1, 0.15) is 25.0 Å². The number of nitrogens with zero attached hydrogens (tertiary/aromatic N) is 1. The minimum atomic E-state index is -1.02. The van der Waals surface area contributed by atoms with Crippen molar-refractivity contribution in [1.29, 1.82) is 0 Å². The molecule has 0 aromatic heterocycles. The van der Waals surface area contributed by atoms with Crippen molar-refractivity contribution in [3.63, 3.8) is 0 Å². The number of fused-ring (bicyclic) bond motifs is 2. The Balaban J connectivity index is 1.38. The van der Waals surface area contributed by atoms with E-state index in [9.17, 15) is 14.4 Å². The molecule has 5 rings (SSSR count). The van der Waals surface area contributed by atoms with Gasteiger partial charge in [0.25, 0.3) is 0 Å². The van der Waals surface area contributed by atoms with E-state index in [-0.39, 0.29) is 31.1 Å². The van der Waals surface area contributed by atoms with Crippen molar-refractivity contribution in [2.45, 2.75) is 44.7 Å². The van der Waals surface area contributed by atoms with Crippen LogP contribution in [0.15, 0.2) is 91.0 Å². The molecule has 2 heterocycles. The highest BCUT2D eigenvalue weighted by Crippen LogP contribution is 2.42. The molecular formula is C30H29NO5. The summed E-state index contributed by atoms with van der Waals surface area (Å²) in [5.74, 6) is -3.58. The number of ether oxygens (including phenoxy) is 2. The third-order valence-corrected chi connectivity index (χ3v) is 7.16. The molecule has 0 aliphatic carbocycles. The zero-order chi connectivity index (χ0) is 24.9. The Bertz CT molecular complexity index is 1120. The summed E-state index contributed by atoms with van der Waals surface area (Å²) in [5.41, 5.74) is 2.76. The van der Waals surface area contributed by atoms with Crippen molar-refractivity contribution < 1.29 is 23.9 Å². The van der Waals surface area contributed by atoms with Crippen LogP contribution < -0.4 is 0 Å². The first-order valence-corrected chi connectivity index (χ1v) is 12.4. The lowest BCUT2D eigenvalue weighted by atomic mass is 9.81. The quantitative estimate of drug-likeness (QED) is 0.351. The van der Waals surface area contributed by atoms with Crippen LogP contribution >= 0.6 is 0 Å². The standard InChI is InChI=1S/C30H29NO5/c32-28-26(29(33)35-19-22-12-6-2-7-13-22)24-16-17-25(31(24)18-21-10-4-1-5-11-21)27(28)30(34)36-20-23-14-8-3-9-15-23/h1-15,24-27H,16-20H2. The van der Waals surface area contributed by atoms with E-state index in [2.05, 4.69) is 4.90 Å². The summed E-state index contributed by atoms with van der Waals surface area (Å²) in [6.45, 7) is 0.719. The highest BCUT2D eigenvalue weighted by atomic mass is 16.5. The molecule has 2 aliphatic rings. The van der Waals surface area contributed by atoms with E-state index in [1.165, 1.54) is 0 Å². The SMILES string of the molecule is O=C(OCc1ccccc1)C1C(=O)C(C(=O)OCc2ccccc2)C2CCC1N2Cc1ccccc1. The van der Waals surface area contributed by atoms with Gasteiger partial charge in [0.15, 0.2) is 5.78 Å². The number of benzene rings is 3. The highest BCUT2D eigenvalue weighted by Gasteiger charge is 2.58. The maximum Gasteiger partial charge on any atom is 0.318 e. The van der Waals surface area contributed by atoms with E-state index in [0.717, 1.165) is 16.7 Å². The van der Waals surface area contributed by atoms with Crippen LogP contribution in [-0.4, -0.2) is 34.7 Å². The van der Waals surface area contributed by atoms with Gasteiger partial charge in [0.2, 0.25) is 0 Å². The maximum atomic E-state index is 13.7. The minimum Gasteiger partial charge on any atom is -0.460 e. The molecule has 184 valence electrons. The molecule has 36 heavy (non-hydrogen) atoms. The summed E-state index contributed by atoms with van der Waals surface area (Å²) < 4.78 is 11.2. The lowest BCUT2D eigenvalue weighted by Crippen LogP contribution is -2.58. The van der Waals surface area contributed by atoms with Gasteiger partial charge in [-0.2, -0.15) is 0 Å². The lowest BCUT2D eigenvalue weighted by Gasteiger charge is -2.41. The van der Waals surface area contributed by atoms with E-state index in [1.54, 1.807) is 0 Å². The van der Waals surface area contributed by atoms with E-state index >= 15 is 0 Å². The fraction of sp³-hybridized carbons (Fsp3) is 0.300. The Kier molecular flexibility index (Phi) is 7.23. The molecule has 6 nitrogen and oxygen atoms in total. The van der Waals surface area contributed by atoms with E-state index in [4.69, 9.17) is 9.47 Å². The molecular weight excluding hydrogens is 454 g/mol. The van der Waals surface area contributed by atoms with Gasteiger partial charge < -0.3 is 9.47 Å². The van der Waals surface area contributed by atoms with Crippen molar-refractivity contribution in [2.75, 3.05) is 0 Å². The van der Waals surface area contributed by atoms with Crippen LogP contribution in [0.1, 0.15) is 29.5 Å². The highest BCUT2D eigenvalue weighted by molar-refractivity contribution is 6.10. The van der Waals surface area contributed by atoms with Gasteiger partial charge in [-0.3, -0.25) is 19.3 Å². The lowest BCUT2D eigenvalue weighted by molar-refractivity contribution is -0.167. The van der Waals surface area contributed by atoms with E-state index in [1.807, 2.05) is 91.0 Å². The molecule has 0 saturated carbocycles. The summed E-state index contributed by atoms with van der Waals surface area (Å²) >= 11 is 0. The number of piperidine rings is 1. The average Bonchev–Trinajstić information content (AvgIpc) is 3.22. The molecule has 2 bridgehead atoms. The number of rotatable bonds is 8. The third kappa shape index (κ3) is 5.09. The molecule has 0 spiro atoms. The van der Waals surface area contributed by atoms with Gasteiger partial charge in [-0.25, -0.2) is 0 Å². The van der Waals surface area contributed by atoms with Crippen LogP contribution in [0.2, 0.25) is 0 Å². The number of hydrogen-bond acceptors (Lipinski definition) is 6. The maximum absolute atomic E-state index is 13.7. The molecule has 3 aromatic carbocycles. The second kappa shape index (κ2) is 10.9. The number of carbonyl (C=O) groups excluding carboxylic acids is 3. The zero-order valence-corrected chi connectivity index (χ0v) is 20.0.